The molecular weight excluding hydrogens is 480 g/mol. The maximum Gasteiger partial charge on any atom is 0.272 e. The minimum atomic E-state index is -0.222. The van der Waals surface area contributed by atoms with Crippen molar-refractivity contribution >= 4 is 66.7 Å². The van der Waals surface area contributed by atoms with Crippen LogP contribution in [-0.2, 0) is 16.1 Å². The minimum absolute atomic E-state index is 0.0333. The van der Waals surface area contributed by atoms with Gasteiger partial charge in [-0.1, -0.05) is 29.4 Å². The number of aromatic nitrogens is 3. The smallest absolute Gasteiger partial charge is 0.272 e. The van der Waals surface area contributed by atoms with E-state index in [1.54, 1.807) is 22.9 Å². The van der Waals surface area contributed by atoms with E-state index in [1.165, 1.54) is 23.1 Å². The molecule has 33 heavy (non-hydrogen) atoms. The van der Waals surface area contributed by atoms with Crippen LogP contribution >= 0.6 is 34.7 Å². The van der Waals surface area contributed by atoms with Crippen LogP contribution in [0.15, 0.2) is 46.5 Å². The molecular formula is C23H21ClN4O3S2. The molecule has 0 bridgehead atoms. The minimum Gasteiger partial charge on any atom is -0.376 e. The number of rotatable bonds is 6. The summed E-state index contributed by atoms with van der Waals surface area (Å²) in [4.78, 5) is 36.1. The van der Waals surface area contributed by atoms with Gasteiger partial charge in [-0.05, 0) is 49.6 Å². The highest BCUT2D eigenvalue weighted by atomic mass is 35.5. The lowest BCUT2D eigenvalue weighted by atomic mass is 10.2. The standard InChI is InChI=1S/C23H21ClN4O3S2/c1-13-6-7-17(16(24)10-13)26-18(29)12-32-23-27-19-15-5-2-8-25-21(15)33-20(19)22(30)28(23)11-14-4-3-9-31-14/h2,5-8,10,14H,3-4,9,11-12H2,1H3,(H,26,29)/t14-/m1/s1. The number of aryl methyl sites for hydroxylation is 1. The summed E-state index contributed by atoms with van der Waals surface area (Å²) in [5.41, 5.74) is 2.08. The SMILES string of the molecule is Cc1ccc(NC(=O)CSc2nc3c(sc4ncccc43)c(=O)n2C[C@H]2CCCO2)c(Cl)c1. The molecule has 170 valence electrons. The number of carbonyl (C=O) groups excluding carboxylic acids is 1. The van der Waals surface area contributed by atoms with Gasteiger partial charge in [0.2, 0.25) is 5.91 Å². The molecule has 0 spiro atoms. The Morgan fingerprint density at radius 1 is 1.39 bits per heavy atom. The van der Waals surface area contributed by atoms with Crippen LogP contribution in [0.2, 0.25) is 5.02 Å². The number of hydrogen-bond acceptors (Lipinski definition) is 7. The van der Waals surface area contributed by atoms with Crippen LogP contribution in [-0.4, -0.2) is 38.9 Å². The molecule has 7 nitrogen and oxygen atoms in total. The van der Waals surface area contributed by atoms with Crippen LogP contribution in [0.25, 0.3) is 20.4 Å². The lowest BCUT2D eigenvalue weighted by molar-refractivity contribution is -0.113. The highest BCUT2D eigenvalue weighted by Crippen LogP contribution is 2.31. The summed E-state index contributed by atoms with van der Waals surface area (Å²) < 4.78 is 7.98. The van der Waals surface area contributed by atoms with Gasteiger partial charge in [0.25, 0.3) is 5.56 Å². The van der Waals surface area contributed by atoms with Crippen LogP contribution in [0.4, 0.5) is 5.69 Å². The fourth-order valence-corrected chi connectivity index (χ4v) is 5.96. The van der Waals surface area contributed by atoms with Gasteiger partial charge in [0.1, 0.15) is 9.53 Å². The van der Waals surface area contributed by atoms with Crippen molar-refractivity contribution in [3.05, 3.63) is 57.5 Å². The number of benzene rings is 1. The van der Waals surface area contributed by atoms with E-state index >= 15 is 0 Å². The van der Waals surface area contributed by atoms with E-state index in [0.717, 1.165) is 28.6 Å². The number of fused-ring (bicyclic) bond motifs is 3. The maximum atomic E-state index is 13.4. The van der Waals surface area contributed by atoms with Crippen LogP contribution in [0, 0.1) is 6.92 Å². The number of amides is 1. The summed E-state index contributed by atoms with van der Waals surface area (Å²) in [6, 6.07) is 9.22. The van der Waals surface area contributed by atoms with E-state index in [1.807, 2.05) is 25.1 Å². The zero-order valence-corrected chi connectivity index (χ0v) is 20.2. The van der Waals surface area contributed by atoms with Crippen LogP contribution in [0.1, 0.15) is 18.4 Å². The van der Waals surface area contributed by atoms with Crippen molar-refractivity contribution in [1.82, 2.24) is 14.5 Å². The number of hydrogen-bond donors (Lipinski definition) is 1. The van der Waals surface area contributed by atoms with Crippen molar-refractivity contribution in [3.63, 3.8) is 0 Å². The zero-order chi connectivity index (χ0) is 22.9. The Labute approximate surface area is 203 Å². The molecule has 1 aliphatic rings. The topological polar surface area (TPSA) is 86.1 Å². The van der Waals surface area contributed by atoms with E-state index < -0.39 is 0 Å². The monoisotopic (exact) mass is 500 g/mol. The molecule has 0 radical (unpaired) electrons. The first kappa shape index (κ1) is 22.3. The van der Waals surface area contributed by atoms with Crippen molar-refractivity contribution in [2.45, 2.75) is 37.6 Å². The first-order chi connectivity index (χ1) is 16.0. The van der Waals surface area contributed by atoms with Crippen molar-refractivity contribution in [2.24, 2.45) is 0 Å². The molecule has 4 aromatic rings. The zero-order valence-electron chi connectivity index (χ0n) is 17.8. The molecule has 1 amide bonds. The second kappa shape index (κ2) is 9.42. The number of halogens is 1. The number of anilines is 1. The Morgan fingerprint density at radius 2 is 2.27 bits per heavy atom. The molecule has 0 unspecified atom stereocenters. The number of thioether (sulfide) groups is 1. The van der Waals surface area contributed by atoms with Gasteiger partial charge in [-0.2, -0.15) is 0 Å². The first-order valence-electron chi connectivity index (χ1n) is 10.6. The summed E-state index contributed by atoms with van der Waals surface area (Å²) in [5.74, 6) is -0.130. The molecule has 4 heterocycles. The Balaban J connectivity index is 1.46. The number of ether oxygens (including phenoxy) is 1. The predicted octanol–water partition coefficient (Wildman–Crippen LogP) is 4.88. The molecule has 1 N–H and O–H groups in total. The third-order valence-corrected chi connectivity index (χ3v) is 7.84. The maximum absolute atomic E-state index is 13.4. The molecule has 0 saturated carbocycles. The molecule has 1 saturated heterocycles. The van der Waals surface area contributed by atoms with Crippen LogP contribution < -0.4 is 10.9 Å². The number of nitrogens with one attached hydrogen (secondary N) is 1. The van der Waals surface area contributed by atoms with Gasteiger partial charge in [0.05, 0.1) is 34.6 Å². The van der Waals surface area contributed by atoms with Crippen molar-refractivity contribution < 1.29 is 9.53 Å². The summed E-state index contributed by atoms with van der Waals surface area (Å²) in [6.45, 7) is 3.05. The highest BCUT2D eigenvalue weighted by molar-refractivity contribution is 7.99. The van der Waals surface area contributed by atoms with Gasteiger partial charge < -0.3 is 10.1 Å². The van der Waals surface area contributed by atoms with Gasteiger partial charge in [-0.3, -0.25) is 14.2 Å². The molecule has 1 atom stereocenters. The van der Waals surface area contributed by atoms with Crippen molar-refractivity contribution in [2.75, 3.05) is 17.7 Å². The number of pyridine rings is 1. The van der Waals surface area contributed by atoms with E-state index in [-0.39, 0.29) is 23.3 Å². The van der Waals surface area contributed by atoms with E-state index in [9.17, 15) is 9.59 Å². The second-order valence-corrected chi connectivity index (χ2v) is 10.2. The van der Waals surface area contributed by atoms with Gasteiger partial charge in [-0.25, -0.2) is 9.97 Å². The van der Waals surface area contributed by atoms with Gasteiger partial charge in [0.15, 0.2) is 5.16 Å². The van der Waals surface area contributed by atoms with Gasteiger partial charge >= 0.3 is 0 Å². The second-order valence-electron chi connectivity index (χ2n) is 7.90. The predicted molar refractivity (Wildman–Crippen MR) is 134 cm³/mol. The number of nitrogens with zero attached hydrogens (tertiary/aromatic N) is 3. The summed E-state index contributed by atoms with van der Waals surface area (Å²) in [6.07, 6.45) is 3.55. The molecule has 1 aliphatic heterocycles. The fraction of sp³-hybridized carbons (Fsp3) is 0.304. The average Bonchev–Trinajstić information content (AvgIpc) is 3.44. The quantitative estimate of drug-likeness (QED) is 0.300. The lowest BCUT2D eigenvalue weighted by Gasteiger charge is -2.15. The third kappa shape index (κ3) is 4.63. The molecule has 1 fully saturated rings. The Bertz CT molecular complexity index is 1410. The average molecular weight is 501 g/mol. The molecule has 1 aromatic carbocycles. The molecule has 10 heteroatoms. The third-order valence-electron chi connectivity index (χ3n) is 5.46. The highest BCUT2D eigenvalue weighted by Gasteiger charge is 2.22. The normalized spacial score (nSPS) is 16.0. The molecule has 5 rings (SSSR count). The van der Waals surface area contributed by atoms with Gasteiger partial charge in [0, 0.05) is 18.2 Å². The van der Waals surface area contributed by atoms with E-state index in [2.05, 4.69) is 10.3 Å². The summed E-state index contributed by atoms with van der Waals surface area (Å²) in [7, 11) is 0. The summed E-state index contributed by atoms with van der Waals surface area (Å²) in [5, 5.41) is 4.66. The Hall–Kier alpha value is -2.46. The Kier molecular flexibility index (Phi) is 6.38. The number of carbonyl (C=O) groups is 1. The van der Waals surface area contributed by atoms with Crippen molar-refractivity contribution in [3.8, 4) is 0 Å². The summed E-state index contributed by atoms with van der Waals surface area (Å²) >= 11 is 8.82. The first-order valence-corrected chi connectivity index (χ1v) is 12.8. The lowest BCUT2D eigenvalue weighted by Crippen LogP contribution is -2.28. The Morgan fingerprint density at radius 3 is 3.06 bits per heavy atom. The van der Waals surface area contributed by atoms with E-state index in [0.29, 0.717) is 39.2 Å². The molecule has 3 aromatic heterocycles. The fourth-order valence-electron chi connectivity index (χ4n) is 3.84. The van der Waals surface area contributed by atoms with Crippen LogP contribution in [0.3, 0.4) is 0 Å². The van der Waals surface area contributed by atoms with Gasteiger partial charge in [-0.15, -0.1) is 11.3 Å². The van der Waals surface area contributed by atoms with E-state index in [4.69, 9.17) is 21.3 Å². The van der Waals surface area contributed by atoms with Crippen molar-refractivity contribution in [1.29, 1.82) is 0 Å². The largest absolute Gasteiger partial charge is 0.376 e. The molecule has 0 aliphatic carbocycles. The number of thiophene rings is 1. The van der Waals surface area contributed by atoms with Crippen LogP contribution in [0.5, 0.6) is 0 Å².